The topological polar surface area (TPSA) is 52.0 Å². The van der Waals surface area contributed by atoms with Crippen molar-refractivity contribution in [1.29, 1.82) is 0 Å². The van der Waals surface area contributed by atoms with Gasteiger partial charge in [0.05, 0.1) is 18.3 Å². The highest BCUT2D eigenvalue weighted by Crippen LogP contribution is 2.25. The first-order valence-corrected chi connectivity index (χ1v) is 6.04. The SMILES string of the molecule is CCOc1ncccc1NC(C)c1nccn1C. The molecule has 1 N–H and O–H groups in total. The molecular formula is C13H18N4O. The average Bonchev–Trinajstić information content (AvgIpc) is 2.78. The number of nitrogens with one attached hydrogen (secondary N) is 1. The summed E-state index contributed by atoms with van der Waals surface area (Å²) in [6.07, 6.45) is 5.45. The van der Waals surface area contributed by atoms with Gasteiger partial charge < -0.3 is 14.6 Å². The van der Waals surface area contributed by atoms with Crippen LogP contribution in [0.2, 0.25) is 0 Å². The van der Waals surface area contributed by atoms with Crippen molar-refractivity contribution >= 4 is 5.69 Å². The van der Waals surface area contributed by atoms with E-state index in [0.717, 1.165) is 11.5 Å². The zero-order chi connectivity index (χ0) is 13.0. The minimum absolute atomic E-state index is 0.0911. The number of rotatable bonds is 5. The van der Waals surface area contributed by atoms with E-state index in [4.69, 9.17) is 4.74 Å². The van der Waals surface area contributed by atoms with E-state index >= 15 is 0 Å². The molecular weight excluding hydrogens is 228 g/mol. The normalized spacial score (nSPS) is 12.2. The minimum atomic E-state index is 0.0911. The maximum Gasteiger partial charge on any atom is 0.237 e. The lowest BCUT2D eigenvalue weighted by molar-refractivity contribution is 0.328. The van der Waals surface area contributed by atoms with Gasteiger partial charge in [-0.3, -0.25) is 0 Å². The molecule has 0 aromatic carbocycles. The van der Waals surface area contributed by atoms with Crippen molar-refractivity contribution in [1.82, 2.24) is 14.5 Å². The van der Waals surface area contributed by atoms with E-state index in [1.807, 2.05) is 36.9 Å². The second kappa shape index (κ2) is 5.53. The largest absolute Gasteiger partial charge is 0.476 e. The second-order valence-electron chi connectivity index (χ2n) is 4.05. The lowest BCUT2D eigenvalue weighted by Crippen LogP contribution is -2.13. The Kier molecular flexibility index (Phi) is 3.82. The second-order valence-corrected chi connectivity index (χ2v) is 4.05. The molecule has 0 amide bonds. The third kappa shape index (κ3) is 2.61. The van der Waals surface area contributed by atoms with Gasteiger partial charge in [0.25, 0.3) is 0 Å². The summed E-state index contributed by atoms with van der Waals surface area (Å²) in [7, 11) is 1.98. The Balaban J connectivity index is 2.16. The molecule has 0 aliphatic carbocycles. The van der Waals surface area contributed by atoms with E-state index in [2.05, 4.69) is 22.2 Å². The summed E-state index contributed by atoms with van der Waals surface area (Å²) in [6, 6.07) is 3.93. The number of pyridine rings is 1. The van der Waals surface area contributed by atoms with Gasteiger partial charge in [-0.2, -0.15) is 0 Å². The smallest absolute Gasteiger partial charge is 0.237 e. The molecule has 0 saturated heterocycles. The number of hydrogen-bond donors (Lipinski definition) is 1. The fourth-order valence-corrected chi connectivity index (χ4v) is 1.84. The van der Waals surface area contributed by atoms with Crippen LogP contribution < -0.4 is 10.1 Å². The van der Waals surface area contributed by atoms with Crippen LogP contribution in [0.4, 0.5) is 5.69 Å². The maximum absolute atomic E-state index is 5.48. The third-order valence-corrected chi connectivity index (χ3v) is 2.67. The molecule has 2 aromatic rings. The van der Waals surface area contributed by atoms with Crippen molar-refractivity contribution in [2.75, 3.05) is 11.9 Å². The van der Waals surface area contributed by atoms with Gasteiger partial charge in [0.15, 0.2) is 0 Å². The first-order chi connectivity index (χ1) is 8.72. The van der Waals surface area contributed by atoms with Crippen molar-refractivity contribution < 1.29 is 4.74 Å². The van der Waals surface area contributed by atoms with Crippen molar-refractivity contribution in [3.8, 4) is 5.88 Å². The van der Waals surface area contributed by atoms with E-state index in [1.165, 1.54) is 0 Å². The molecule has 5 heteroatoms. The molecule has 2 rings (SSSR count). The summed E-state index contributed by atoms with van der Waals surface area (Å²) in [4.78, 5) is 8.54. The molecule has 96 valence electrons. The Morgan fingerprint density at radius 1 is 1.39 bits per heavy atom. The monoisotopic (exact) mass is 246 g/mol. The zero-order valence-corrected chi connectivity index (χ0v) is 10.9. The predicted octanol–water partition coefficient (Wildman–Crippen LogP) is 2.39. The third-order valence-electron chi connectivity index (χ3n) is 2.67. The molecule has 0 spiro atoms. The Morgan fingerprint density at radius 2 is 2.22 bits per heavy atom. The average molecular weight is 246 g/mol. The molecule has 1 atom stereocenters. The van der Waals surface area contributed by atoms with Crippen LogP contribution in [0, 0.1) is 0 Å². The van der Waals surface area contributed by atoms with Gasteiger partial charge in [0.2, 0.25) is 5.88 Å². The predicted molar refractivity (Wildman–Crippen MR) is 70.7 cm³/mol. The van der Waals surface area contributed by atoms with E-state index in [0.29, 0.717) is 12.5 Å². The van der Waals surface area contributed by atoms with E-state index < -0.39 is 0 Å². The Morgan fingerprint density at radius 3 is 2.89 bits per heavy atom. The minimum Gasteiger partial charge on any atom is -0.476 e. The number of hydrogen-bond acceptors (Lipinski definition) is 4. The first kappa shape index (κ1) is 12.4. The molecule has 2 aromatic heterocycles. The van der Waals surface area contributed by atoms with Crippen LogP contribution >= 0.6 is 0 Å². The van der Waals surface area contributed by atoms with Crippen LogP contribution in [0.25, 0.3) is 0 Å². The Hall–Kier alpha value is -2.04. The van der Waals surface area contributed by atoms with Crippen molar-refractivity contribution in [2.24, 2.45) is 7.05 Å². The number of imidazole rings is 1. The van der Waals surface area contributed by atoms with Gasteiger partial charge in [-0.15, -0.1) is 0 Å². The number of anilines is 1. The quantitative estimate of drug-likeness (QED) is 0.880. The summed E-state index contributed by atoms with van der Waals surface area (Å²) < 4.78 is 7.48. The van der Waals surface area contributed by atoms with Crippen LogP contribution in [0.1, 0.15) is 25.7 Å². The van der Waals surface area contributed by atoms with E-state index in [-0.39, 0.29) is 6.04 Å². The van der Waals surface area contributed by atoms with E-state index in [1.54, 1.807) is 12.4 Å². The molecule has 18 heavy (non-hydrogen) atoms. The van der Waals surface area contributed by atoms with Gasteiger partial charge in [-0.05, 0) is 26.0 Å². The first-order valence-electron chi connectivity index (χ1n) is 6.04. The molecule has 0 saturated carbocycles. The molecule has 0 aliphatic rings. The summed E-state index contributed by atoms with van der Waals surface area (Å²) in [5.41, 5.74) is 0.884. The summed E-state index contributed by atoms with van der Waals surface area (Å²) >= 11 is 0. The molecule has 0 radical (unpaired) electrons. The summed E-state index contributed by atoms with van der Waals surface area (Å²) in [5, 5.41) is 3.37. The Bertz CT molecular complexity index is 509. The van der Waals surface area contributed by atoms with Gasteiger partial charge in [0, 0.05) is 25.6 Å². The van der Waals surface area contributed by atoms with Crippen molar-refractivity contribution in [3.05, 3.63) is 36.5 Å². The van der Waals surface area contributed by atoms with Gasteiger partial charge in [-0.1, -0.05) is 0 Å². The van der Waals surface area contributed by atoms with Crippen LogP contribution in [0.15, 0.2) is 30.7 Å². The van der Waals surface area contributed by atoms with Crippen molar-refractivity contribution in [3.63, 3.8) is 0 Å². The fourth-order valence-electron chi connectivity index (χ4n) is 1.84. The van der Waals surface area contributed by atoms with Gasteiger partial charge >= 0.3 is 0 Å². The van der Waals surface area contributed by atoms with Gasteiger partial charge in [-0.25, -0.2) is 9.97 Å². The van der Waals surface area contributed by atoms with Crippen LogP contribution in [-0.2, 0) is 7.05 Å². The van der Waals surface area contributed by atoms with Crippen LogP contribution in [-0.4, -0.2) is 21.1 Å². The van der Waals surface area contributed by atoms with Gasteiger partial charge in [0.1, 0.15) is 5.82 Å². The number of aromatic nitrogens is 3. The van der Waals surface area contributed by atoms with Crippen molar-refractivity contribution in [2.45, 2.75) is 19.9 Å². The molecule has 1 unspecified atom stereocenters. The zero-order valence-electron chi connectivity index (χ0n) is 10.9. The highest BCUT2D eigenvalue weighted by Gasteiger charge is 2.12. The fraction of sp³-hybridized carbons (Fsp3) is 0.385. The maximum atomic E-state index is 5.48. The molecule has 0 bridgehead atoms. The molecule has 2 heterocycles. The van der Waals surface area contributed by atoms with Crippen LogP contribution in [0.3, 0.4) is 0 Å². The summed E-state index contributed by atoms with van der Waals surface area (Å²) in [6.45, 7) is 4.61. The summed E-state index contributed by atoms with van der Waals surface area (Å²) in [5.74, 6) is 1.60. The molecule has 0 fully saturated rings. The molecule has 5 nitrogen and oxygen atoms in total. The Labute approximate surface area is 107 Å². The van der Waals surface area contributed by atoms with E-state index in [9.17, 15) is 0 Å². The lowest BCUT2D eigenvalue weighted by atomic mass is 10.3. The lowest BCUT2D eigenvalue weighted by Gasteiger charge is -2.17. The number of ether oxygens (including phenoxy) is 1. The molecule has 0 aliphatic heterocycles. The van der Waals surface area contributed by atoms with Crippen LogP contribution in [0.5, 0.6) is 5.88 Å². The highest BCUT2D eigenvalue weighted by molar-refractivity contribution is 5.53. The number of aryl methyl sites for hydroxylation is 1. The highest BCUT2D eigenvalue weighted by atomic mass is 16.5. The number of nitrogens with zero attached hydrogens (tertiary/aromatic N) is 3. The standard InChI is InChI=1S/C13H18N4O/c1-4-18-13-11(6-5-7-15-13)16-10(2)12-14-8-9-17(12)3/h5-10,16H,4H2,1-3H3.